The molecule has 1 fully saturated rings. The summed E-state index contributed by atoms with van der Waals surface area (Å²) in [6, 6.07) is 12.8. The van der Waals surface area contributed by atoms with Crippen LogP contribution in [0.25, 0.3) is 5.57 Å². The summed E-state index contributed by atoms with van der Waals surface area (Å²) in [4.78, 5) is 12.8. The summed E-state index contributed by atoms with van der Waals surface area (Å²) in [7, 11) is 3.19. The molecule has 0 atom stereocenters. The normalized spacial score (nSPS) is 17.5. The van der Waals surface area contributed by atoms with Gasteiger partial charge in [-0.3, -0.25) is 4.79 Å². The number of carbonyl (C=O) groups excluding carboxylic acids is 1. The molecule has 1 amide bonds. The Morgan fingerprint density at radius 1 is 1.03 bits per heavy atom. The Hall–Kier alpha value is -2.99. The number of hydrogen-bond acceptors (Lipinski definition) is 5. The van der Waals surface area contributed by atoms with Crippen LogP contribution in [0, 0.1) is 0 Å². The molecule has 0 bridgehead atoms. The van der Waals surface area contributed by atoms with Gasteiger partial charge < -0.3 is 25.4 Å². The topological polar surface area (TPSA) is 71.6 Å². The lowest BCUT2D eigenvalue weighted by molar-refractivity contribution is -0.110. The maximum Gasteiger partial charge on any atom is 0.258 e. The van der Waals surface area contributed by atoms with Crippen LogP contribution in [0.1, 0.15) is 56.6 Å². The number of hydrogen-bond donors (Lipinski definition) is 3. The molecule has 2 aromatic rings. The summed E-state index contributed by atoms with van der Waals surface area (Å²) in [6.07, 6.45) is 7.31. The third-order valence-electron chi connectivity index (χ3n) is 6.37. The highest BCUT2D eigenvalue weighted by Gasteiger charge is 2.29. The zero-order valence-corrected chi connectivity index (χ0v) is 19.2. The summed E-state index contributed by atoms with van der Waals surface area (Å²) in [5.41, 5.74) is 5.32. The minimum Gasteiger partial charge on any atom is -0.493 e. The molecule has 0 unspecified atom stereocenters. The number of ether oxygens (including phenoxy) is 2. The van der Waals surface area contributed by atoms with Crippen LogP contribution in [0.4, 0.5) is 11.4 Å². The SMILES string of the molecule is CCC(Nc1ccc(CNC2CCCCC2)cc1)=C1C(=O)Nc2cc(OC)c(OC)cc21. The molecule has 2 aromatic carbocycles. The number of allylic oxidation sites excluding steroid dienone is 1. The van der Waals surface area contributed by atoms with Gasteiger partial charge in [0, 0.05) is 35.6 Å². The van der Waals surface area contributed by atoms with Crippen molar-refractivity contribution in [3.05, 3.63) is 53.2 Å². The van der Waals surface area contributed by atoms with Crippen LogP contribution in [0.3, 0.4) is 0 Å². The first-order valence-corrected chi connectivity index (χ1v) is 11.5. The molecule has 1 saturated carbocycles. The molecule has 6 nitrogen and oxygen atoms in total. The van der Waals surface area contributed by atoms with Crippen molar-refractivity contribution in [3.63, 3.8) is 0 Å². The van der Waals surface area contributed by atoms with Gasteiger partial charge in [0.15, 0.2) is 11.5 Å². The zero-order valence-electron chi connectivity index (χ0n) is 19.2. The van der Waals surface area contributed by atoms with E-state index in [9.17, 15) is 4.79 Å². The van der Waals surface area contributed by atoms with Gasteiger partial charge in [0.05, 0.1) is 25.5 Å². The number of fused-ring (bicyclic) bond motifs is 1. The van der Waals surface area contributed by atoms with Crippen LogP contribution >= 0.6 is 0 Å². The molecular formula is C26H33N3O3. The van der Waals surface area contributed by atoms with Gasteiger partial charge in [-0.05, 0) is 43.0 Å². The Morgan fingerprint density at radius 3 is 2.38 bits per heavy atom. The average molecular weight is 436 g/mol. The van der Waals surface area contributed by atoms with Crippen molar-refractivity contribution in [2.24, 2.45) is 0 Å². The highest BCUT2D eigenvalue weighted by atomic mass is 16.5. The minimum atomic E-state index is -0.118. The van der Waals surface area contributed by atoms with E-state index in [1.807, 2.05) is 13.0 Å². The van der Waals surface area contributed by atoms with Crippen molar-refractivity contribution in [3.8, 4) is 11.5 Å². The Morgan fingerprint density at radius 2 is 1.72 bits per heavy atom. The van der Waals surface area contributed by atoms with Gasteiger partial charge in [-0.1, -0.05) is 38.3 Å². The van der Waals surface area contributed by atoms with Gasteiger partial charge in [0.1, 0.15) is 0 Å². The van der Waals surface area contributed by atoms with Crippen molar-refractivity contribution >= 4 is 22.9 Å². The molecule has 0 aromatic heterocycles. The van der Waals surface area contributed by atoms with Gasteiger partial charge in [-0.2, -0.15) is 0 Å². The Labute approximate surface area is 190 Å². The summed E-state index contributed by atoms with van der Waals surface area (Å²) in [5, 5.41) is 10.1. The summed E-state index contributed by atoms with van der Waals surface area (Å²) < 4.78 is 10.8. The molecule has 4 rings (SSSR count). The van der Waals surface area contributed by atoms with Crippen molar-refractivity contribution in [2.45, 2.75) is 58.0 Å². The van der Waals surface area contributed by atoms with E-state index in [0.29, 0.717) is 29.5 Å². The lowest BCUT2D eigenvalue weighted by Crippen LogP contribution is -2.30. The minimum absolute atomic E-state index is 0.118. The van der Waals surface area contributed by atoms with E-state index in [2.05, 4.69) is 40.2 Å². The average Bonchev–Trinajstić information content (AvgIpc) is 3.16. The number of anilines is 2. The van der Waals surface area contributed by atoms with Crippen molar-refractivity contribution in [1.82, 2.24) is 5.32 Å². The number of methoxy groups -OCH3 is 2. The molecular weight excluding hydrogens is 402 g/mol. The van der Waals surface area contributed by atoms with E-state index < -0.39 is 0 Å². The molecule has 3 N–H and O–H groups in total. The lowest BCUT2D eigenvalue weighted by atomic mass is 9.95. The van der Waals surface area contributed by atoms with Crippen LogP contribution in [-0.4, -0.2) is 26.2 Å². The molecule has 1 aliphatic heterocycles. The summed E-state index contributed by atoms with van der Waals surface area (Å²) >= 11 is 0. The Balaban J connectivity index is 1.51. The van der Waals surface area contributed by atoms with Crippen LogP contribution in [0.5, 0.6) is 11.5 Å². The molecule has 0 spiro atoms. The van der Waals surface area contributed by atoms with Gasteiger partial charge in [-0.25, -0.2) is 0 Å². The van der Waals surface area contributed by atoms with Crippen molar-refractivity contribution in [2.75, 3.05) is 24.9 Å². The van der Waals surface area contributed by atoms with Crippen LogP contribution in [0.2, 0.25) is 0 Å². The number of amides is 1. The number of carbonyl (C=O) groups is 1. The second-order valence-corrected chi connectivity index (χ2v) is 8.45. The molecule has 6 heteroatoms. The molecule has 1 aliphatic carbocycles. The molecule has 170 valence electrons. The van der Waals surface area contributed by atoms with E-state index in [1.165, 1.54) is 37.7 Å². The van der Waals surface area contributed by atoms with Crippen LogP contribution in [0.15, 0.2) is 42.1 Å². The summed E-state index contributed by atoms with van der Waals surface area (Å²) in [6.45, 7) is 2.94. The van der Waals surface area contributed by atoms with Gasteiger partial charge >= 0.3 is 0 Å². The molecule has 0 saturated heterocycles. The predicted molar refractivity (Wildman–Crippen MR) is 129 cm³/mol. The maximum absolute atomic E-state index is 12.8. The van der Waals surface area contributed by atoms with E-state index in [0.717, 1.165) is 29.2 Å². The van der Waals surface area contributed by atoms with Crippen molar-refractivity contribution in [1.29, 1.82) is 0 Å². The highest BCUT2D eigenvalue weighted by molar-refractivity contribution is 6.32. The van der Waals surface area contributed by atoms with E-state index in [4.69, 9.17) is 9.47 Å². The summed E-state index contributed by atoms with van der Waals surface area (Å²) in [5.74, 6) is 1.08. The van der Waals surface area contributed by atoms with E-state index >= 15 is 0 Å². The first kappa shape index (κ1) is 22.2. The Kier molecular flexibility index (Phi) is 7.00. The highest BCUT2D eigenvalue weighted by Crippen LogP contribution is 2.42. The number of nitrogens with one attached hydrogen (secondary N) is 3. The standard InChI is InChI=1S/C26H33N3O3/c1-4-21(25-20-14-23(31-2)24(32-3)15-22(20)29-26(25)30)28-19-12-10-17(11-13-19)16-27-18-8-6-5-7-9-18/h10-15,18,27-28H,4-9,16H2,1-3H3,(H,29,30). The Bertz CT molecular complexity index is 992. The smallest absolute Gasteiger partial charge is 0.258 e. The third-order valence-corrected chi connectivity index (χ3v) is 6.37. The monoisotopic (exact) mass is 435 g/mol. The lowest BCUT2D eigenvalue weighted by Gasteiger charge is -2.23. The molecule has 1 heterocycles. The quantitative estimate of drug-likeness (QED) is 0.490. The fraction of sp³-hybridized carbons (Fsp3) is 0.423. The van der Waals surface area contributed by atoms with Gasteiger partial charge in [-0.15, -0.1) is 0 Å². The second kappa shape index (κ2) is 10.1. The fourth-order valence-corrected chi connectivity index (χ4v) is 4.57. The fourth-order valence-electron chi connectivity index (χ4n) is 4.57. The first-order valence-electron chi connectivity index (χ1n) is 11.5. The van der Waals surface area contributed by atoms with Crippen LogP contribution in [-0.2, 0) is 11.3 Å². The molecule has 0 radical (unpaired) electrons. The number of benzene rings is 2. The van der Waals surface area contributed by atoms with Gasteiger partial charge in [0.2, 0.25) is 0 Å². The third kappa shape index (κ3) is 4.75. The zero-order chi connectivity index (χ0) is 22.5. The maximum atomic E-state index is 12.8. The molecule has 32 heavy (non-hydrogen) atoms. The predicted octanol–water partition coefficient (Wildman–Crippen LogP) is 5.31. The first-order chi connectivity index (χ1) is 15.6. The number of rotatable bonds is 8. The van der Waals surface area contributed by atoms with Crippen LogP contribution < -0.4 is 25.4 Å². The van der Waals surface area contributed by atoms with Crippen molar-refractivity contribution < 1.29 is 14.3 Å². The molecule has 2 aliphatic rings. The van der Waals surface area contributed by atoms with E-state index in [-0.39, 0.29) is 5.91 Å². The van der Waals surface area contributed by atoms with Gasteiger partial charge in [0.25, 0.3) is 5.91 Å². The van der Waals surface area contributed by atoms with E-state index in [1.54, 1.807) is 20.3 Å². The second-order valence-electron chi connectivity index (χ2n) is 8.45. The largest absolute Gasteiger partial charge is 0.493 e.